The fourth-order valence-electron chi connectivity index (χ4n) is 1.87. The SMILES string of the molecule is CCS(=O)(=O)C1CSCCN1c1ccc(Br)cn1. The van der Waals surface area contributed by atoms with E-state index in [0.29, 0.717) is 5.75 Å². The molecule has 0 bridgehead atoms. The number of nitrogens with zero attached hydrogens (tertiary/aromatic N) is 2. The van der Waals surface area contributed by atoms with E-state index in [1.54, 1.807) is 24.9 Å². The van der Waals surface area contributed by atoms with E-state index in [2.05, 4.69) is 20.9 Å². The minimum Gasteiger partial charge on any atom is -0.338 e. The maximum Gasteiger partial charge on any atom is 0.171 e. The Kier molecular flexibility index (Phi) is 4.55. The fraction of sp³-hybridized carbons (Fsp3) is 0.545. The lowest BCUT2D eigenvalue weighted by Crippen LogP contribution is -2.48. The van der Waals surface area contributed by atoms with Crippen molar-refractivity contribution in [3.8, 4) is 0 Å². The van der Waals surface area contributed by atoms with Crippen LogP contribution in [0.5, 0.6) is 0 Å². The minimum atomic E-state index is -3.08. The Bertz CT molecular complexity index is 504. The van der Waals surface area contributed by atoms with Gasteiger partial charge in [-0.3, -0.25) is 0 Å². The van der Waals surface area contributed by atoms with E-state index in [-0.39, 0.29) is 5.75 Å². The maximum atomic E-state index is 12.1. The van der Waals surface area contributed by atoms with Gasteiger partial charge in [0.1, 0.15) is 11.2 Å². The zero-order chi connectivity index (χ0) is 13.2. The molecular formula is C11H15BrN2O2S2. The summed E-state index contributed by atoms with van der Waals surface area (Å²) < 4.78 is 25.1. The Labute approximate surface area is 120 Å². The minimum absolute atomic E-state index is 0.172. The van der Waals surface area contributed by atoms with Crippen molar-refractivity contribution in [3.63, 3.8) is 0 Å². The van der Waals surface area contributed by atoms with E-state index in [1.165, 1.54) is 0 Å². The molecule has 1 aliphatic heterocycles. The van der Waals surface area contributed by atoms with Crippen LogP contribution >= 0.6 is 27.7 Å². The largest absolute Gasteiger partial charge is 0.338 e. The van der Waals surface area contributed by atoms with E-state index in [4.69, 9.17) is 0 Å². The average Bonchev–Trinajstić information content (AvgIpc) is 2.40. The second kappa shape index (κ2) is 5.79. The van der Waals surface area contributed by atoms with Crippen LogP contribution < -0.4 is 4.90 Å². The molecule has 0 aliphatic carbocycles. The normalized spacial score (nSPS) is 21.0. The van der Waals surface area contributed by atoms with Gasteiger partial charge < -0.3 is 4.90 Å². The van der Waals surface area contributed by atoms with Crippen molar-refractivity contribution in [3.05, 3.63) is 22.8 Å². The molecule has 0 aromatic carbocycles. The zero-order valence-corrected chi connectivity index (χ0v) is 13.3. The van der Waals surface area contributed by atoms with Gasteiger partial charge in [0.15, 0.2) is 9.84 Å². The van der Waals surface area contributed by atoms with Crippen LogP contribution in [0, 0.1) is 0 Å². The second-order valence-electron chi connectivity index (χ2n) is 4.01. The number of hydrogen-bond donors (Lipinski definition) is 0. The Morgan fingerprint density at radius 2 is 2.33 bits per heavy atom. The number of sulfone groups is 1. The number of anilines is 1. The van der Waals surface area contributed by atoms with Gasteiger partial charge in [0.25, 0.3) is 0 Å². The van der Waals surface area contributed by atoms with Crippen molar-refractivity contribution in [2.75, 3.05) is 28.7 Å². The van der Waals surface area contributed by atoms with Crippen LogP contribution in [-0.2, 0) is 9.84 Å². The monoisotopic (exact) mass is 350 g/mol. The fourth-order valence-corrected chi connectivity index (χ4v) is 5.08. The molecule has 1 aromatic rings. The quantitative estimate of drug-likeness (QED) is 0.835. The summed E-state index contributed by atoms with van der Waals surface area (Å²) in [7, 11) is -3.08. The van der Waals surface area contributed by atoms with Crippen LogP contribution in [0.25, 0.3) is 0 Å². The van der Waals surface area contributed by atoms with E-state index in [9.17, 15) is 8.42 Å². The molecule has 0 radical (unpaired) electrons. The van der Waals surface area contributed by atoms with Crippen LogP contribution in [0.3, 0.4) is 0 Å². The molecule has 1 unspecified atom stereocenters. The lowest BCUT2D eigenvalue weighted by molar-refractivity contribution is 0.579. The van der Waals surface area contributed by atoms with Crippen molar-refractivity contribution in [1.82, 2.24) is 4.98 Å². The third-order valence-corrected chi connectivity index (χ3v) is 6.67. The molecule has 100 valence electrons. The highest BCUT2D eigenvalue weighted by Crippen LogP contribution is 2.26. The number of hydrogen-bond acceptors (Lipinski definition) is 5. The first-order valence-corrected chi connectivity index (χ1v) is 9.38. The molecule has 0 saturated carbocycles. The number of thioether (sulfide) groups is 1. The average molecular weight is 351 g/mol. The molecule has 4 nitrogen and oxygen atoms in total. The lowest BCUT2D eigenvalue weighted by Gasteiger charge is -2.35. The van der Waals surface area contributed by atoms with Crippen LogP contribution in [0.1, 0.15) is 6.92 Å². The van der Waals surface area contributed by atoms with Crippen molar-refractivity contribution in [2.24, 2.45) is 0 Å². The zero-order valence-electron chi connectivity index (χ0n) is 10.0. The molecule has 0 N–H and O–H groups in total. The highest BCUT2D eigenvalue weighted by molar-refractivity contribution is 9.10. The standard InChI is InChI=1S/C11H15BrN2O2S2/c1-2-18(15,16)11-8-17-6-5-14(11)10-4-3-9(12)7-13-10/h3-4,7,11H,2,5-6,8H2,1H3. The van der Waals surface area contributed by atoms with Gasteiger partial charge in [-0.15, -0.1) is 0 Å². The first-order chi connectivity index (χ1) is 8.54. The van der Waals surface area contributed by atoms with Crippen LogP contribution in [0.2, 0.25) is 0 Å². The first kappa shape index (κ1) is 14.1. The molecule has 1 saturated heterocycles. The third-order valence-electron chi connectivity index (χ3n) is 2.91. The maximum absolute atomic E-state index is 12.1. The number of aromatic nitrogens is 1. The molecule has 1 aliphatic rings. The van der Waals surface area contributed by atoms with Gasteiger partial charge in [0.2, 0.25) is 0 Å². The van der Waals surface area contributed by atoms with Crippen molar-refractivity contribution < 1.29 is 8.42 Å². The molecule has 1 atom stereocenters. The summed E-state index contributed by atoms with van der Waals surface area (Å²) >= 11 is 5.02. The Balaban J connectivity index is 2.31. The Morgan fingerprint density at radius 1 is 1.56 bits per heavy atom. The van der Waals surface area contributed by atoms with Crippen LogP contribution in [0.15, 0.2) is 22.8 Å². The molecule has 1 aromatic heterocycles. The van der Waals surface area contributed by atoms with Gasteiger partial charge in [0.05, 0.1) is 0 Å². The molecule has 0 amide bonds. The summed E-state index contributed by atoms with van der Waals surface area (Å²) in [6.45, 7) is 2.42. The lowest BCUT2D eigenvalue weighted by atomic mass is 10.4. The van der Waals surface area contributed by atoms with Gasteiger partial charge >= 0.3 is 0 Å². The molecular weight excluding hydrogens is 336 g/mol. The summed E-state index contributed by atoms with van der Waals surface area (Å²) in [4.78, 5) is 6.21. The summed E-state index contributed by atoms with van der Waals surface area (Å²) in [6, 6.07) is 3.75. The van der Waals surface area contributed by atoms with Gasteiger partial charge in [-0.2, -0.15) is 11.8 Å². The number of pyridine rings is 1. The van der Waals surface area contributed by atoms with Crippen molar-refractivity contribution in [2.45, 2.75) is 12.3 Å². The number of halogens is 1. The van der Waals surface area contributed by atoms with Gasteiger partial charge in [-0.05, 0) is 28.1 Å². The smallest absolute Gasteiger partial charge is 0.171 e. The Morgan fingerprint density at radius 3 is 2.94 bits per heavy atom. The molecule has 18 heavy (non-hydrogen) atoms. The molecule has 2 heterocycles. The first-order valence-electron chi connectivity index (χ1n) is 5.72. The van der Waals surface area contributed by atoms with E-state index in [0.717, 1.165) is 22.6 Å². The molecule has 7 heteroatoms. The predicted octanol–water partition coefficient (Wildman–Crippen LogP) is 2.16. The predicted molar refractivity (Wildman–Crippen MR) is 79.9 cm³/mol. The van der Waals surface area contributed by atoms with Crippen LogP contribution in [-0.4, -0.2) is 42.6 Å². The molecule has 2 rings (SSSR count). The van der Waals surface area contributed by atoms with E-state index in [1.807, 2.05) is 17.0 Å². The van der Waals surface area contributed by atoms with Crippen molar-refractivity contribution >= 4 is 43.3 Å². The third kappa shape index (κ3) is 3.00. The van der Waals surface area contributed by atoms with E-state index >= 15 is 0 Å². The Hall–Kier alpha value is -0.270. The van der Waals surface area contributed by atoms with Crippen LogP contribution in [0.4, 0.5) is 5.82 Å². The summed E-state index contributed by atoms with van der Waals surface area (Å²) in [5.41, 5.74) is 0. The summed E-state index contributed by atoms with van der Waals surface area (Å²) in [6.07, 6.45) is 1.70. The highest BCUT2D eigenvalue weighted by Gasteiger charge is 2.33. The van der Waals surface area contributed by atoms with E-state index < -0.39 is 15.2 Å². The topological polar surface area (TPSA) is 50.3 Å². The van der Waals surface area contributed by atoms with Gasteiger partial charge in [-0.1, -0.05) is 6.92 Å². The number of rotatable bonds is 3. The highest BCUT2D eigenvalue weighted by atomic mass is 79.9. The second-order valence-corrected chi connectivity index (χ2v) is 8.52. The summed E-state index contributed by atoms with van der Waals surface area (Å²) in [5, 5.41) is -0.449. The van der Waals surface area contributed by atoms with Gasteiger partial charge in [0, 0.05) is 34.5 Å². The molecule has 0 spiro atoms. The molecule has 1 fully saturated rings. The van der Waals surface area contributed by atoms with Crippen molar-refractivity contribution in [1.29, 1.82) is 0 Å². The van der Waals surface area contributed by atoms with Gasteiger partial charge in [-0.25, -0.2) is 13.4 Å². The summed E-state index contributed by atoms with van der Waals surface area (Å²) in [5.74, 6) is 2.47.